The van der Waals surface area contributed by atoms with E-state index < -0.39 is 0 Å². The molecule has 3 rings (SSSR count). The zero-order chi connectivity index (χ0) is 9.05. The molecule has 2 aliphatic heterocycles. The summed E-state index contributed by atoms with van der Waals surface area (Å²) in [5.41, 5.74) is 2.09. The molecule has 0 radical (unpaired) electrons. The Morgan fingerprint density at radius 3 is 3.31 bits per heavy atom. The first kappa shape index (κ1) is 7.60. The first-order chi connectivity index (χ1) is 6.24. The highest BCUT2D eigenvalue weighted by Gasteiger charge is 2.62. The van der Waals surface area contributed by atoms with Gasteiger partial charge in [-0.2, -0.15) is 0 Å². The second-order valence-corrected chi connectivity index (χ2v) is 4.84. The Morgan fingerprint density at radius 2 is 2.54 bits per heavy atom. The number of nitrogens with one attached hydrogen (secondary N) is 1. The fourth-order valence-electron chi connectivity index (χ4n) is 2.93. The first-order valence-corrected chi connectivity index (χ1v) is 5.25. The van der Waals surface area contributed by atoms with Gasteiger partial charge in [-0.05, 0) is 30.3 Å². The predicted molar refractivity (Wildman–Crippen MR) is 55.6 cm³/mol. The van der Waals surface area contributed by atoms with Crippen LogP contribution < -0.4 is 5.32 Å². The highest BCUT2D eigenvalue weighted by atomic mass is 15.1. The summed E-state index contributed by atoms with van der Waals surface area (Å²) in [5.74, 6) is 2.80. The van der Waals surface area contributed by atoms with Gasteiger partial charge in [0.2, 0.25) is 0 Å². The normalized spacial score (nSPS) is 40.4. The van der Waals surface area contributed by atoms with Gasteiger partial charge in [0, 0.05) is 19.6 Å². The highest BCUT2D eigenvalue weighted by molar-refractivity contribution is 5.95. The van der Waals surface area contributed by atoms with Gasteiger partial charge in [0.15, 0.2) is 0 Å². The highest BCUT2D eigenvalue weighted by Crippen LogP contribution is 2.63. The Morgan fingerprint density at radius 1 is 1.69 bits per heavy atom. The molecule has 0 aromatic carbocycles. The third-order valence-electron chi connectivity index (χ3n) is 3.82. The minimum atomic E-state index is 0. The van der Waals surface area contributed by atoms with Crippen LogP contribution in [-0.2, 0) is 0 Å². The molecule has 2 nitrogen and oxygen atoms in total. The molecule has 72 valence electrons. The van der Waals surface area contributed by atoms with E-state index in [9.17, 15) is 0 Å². The zero-order valence-corrected chi connectivity index (χ0v) is 8.30. The predicted octanol–water partition coefficient (Wildman–Crippen LogP) is 2.18. The summed E-state index contributed by atoms with van der Waals surface area (Å²) in [6.45, 7) is 5.62. The zero-order valence-electron chi connectivity index (χ0n) is 8.30. The van der Waals surface area contributed by atoms with E-state index in [1.54, 1.807) is 5.57 Å². The van der Waals surface area contributed by atoms with Crippen molar-refractivity contribution in [2.75, 3.05) is 6.54 Å². The maximum Gasteiger partial charge on any atom is 0.107 e. The fraction of sp³-hybridized carbons (Fsp3) is 0.727. The van der Waals surface area contributed by atoms with Gasteiger partial charge in [-0.25, -0.2) is 0 Å². The van der Waals surface area contributed by atoms with E-state index in [0.717, 1.165) is 12.5 Å². The Bertz CT molecular complexity index is 319. The van der Waals surface area contributed by atoms with Gasteiger partial charge in [-0.3, -0.25) is 4.99 Å². The molecule has 13 heavy (non-hydrogen) atoms. The lowest BCUT2D eigenvalue weighted by Crippen LogP contribution is -2.31. The van der Waals surface area contributed by atoms with E-state index in [4.69, 9.17) is 0 Å². The van der Waals surface area contributed by atoms with Crippen molar-refractivity contribution in [3.8, 4) is 0 Å². The van der Waals surface area contributed by atoms with Crippen LogP contribution in [0.4, 0.5) is 0 Å². The van der Waals surface area contributed by atoms with Gasteiger partial charge in [-0.15, -0.1) is 0 Å². The van der Waals surface area contributed by atoms with Gasteiger partial charge >= 0.3 is 0 Å². The second kappa shape index (κ2) is 2.17. The smallest absolute Gasteiger partial charge is 0.107 e. The summed E-state index contributed by atoms with van der Waals surface area (Å²) in [7, 11) is 0. The Balaban J connectivity index is 0.000000750. The Hall–Kier alpha value is -0.790. The minimum Gasteiger partial charge on any atom is -0.350 e. The van der Waals surface area contributed by atoms with Crippen LogP contribution in [0.15, 0.2) is 16.8 Å². The number of allylic oxidation sites excluding steroid dienone is 1. The van der Waals surface area contributed by atoms with Gasteiger partial charge in [-0.1, -0.05) is 13.8 Å². The lowest BCUT2D eigenvalue weighted by atomic mass is 9.89. The van der Waals surface area contributed by atoms with Crippen molar-refractivity contribution in [1.29, 1.82) is 0 Å². The number of hydrogen-bond acceptors (Lipinski definition) is 2. The van der Waals surface area contributed by atoms with Crippen molar-refractivity contribution in [3.05, 3.63) is 11.8 Å². The maximum absolute atomic E-state index is 4.53. The van der Waals surface area contributed by atoms with Crippen LogP contribution in [0.3, 0.4) is 0 Å². The van der Waals surface area contributed by atoms with E-state index in [2.05, 4.69) is 30.4 Å². The first-order valence-electron chi connectivity index (χ1n) is 5.25. The summed E-state index contributed by atoms with van der Waals surface area (Å²) in [5, 5.41) is 3.38. The molecule has 1 N–H and O–H groups in total. The molecule has 1 aliphatic carbocycles. The van der Waals surface area contributed by atoms with Crippen molar-refractivity contribution in [2.45, 2.75) is 26.7 Å². The number of amidine groups is 1. The van der Waals surface area contributed by atoms with Crippen LogP contribution in [0.5, 0.6) is 0 Å². The molecule has 0 aromatic heterocycles. The average Bonchev–Trinajstić information content (AvgIpc) is 2.66. The van der Waals surface area contributed by atoms with Crippen LogP contribution in [0.25, 0.3) is 0 Å². The molecule has 0 saturated heterocycles. The van der Waals surface area contributed by atoms with Gasteiger partial charge < -0.3 is 5.32 Å². The van der Waals surface area contributed by atoms with Gasteiger partial charge in [0.25, 0.3) is 0 Å². The Kier molecular flexibility index (Phi) is 1.27. The van der Waals surface area contributed by atoms with E-state index in [-0.39, 0.29) is 1.43 Å². The van der Waals surface area contributed by atoms with Crippen LogP contribution in [0.1, 0.15) is 28.1 Å². The number of aliphatic imine (C=N–C) groups is 1. The standard InChI is InChI=1S/C11H16N2.H2/c1-7(2)8-6-13-10-11(3-4-12-10)5-9(8)11;/h6-7,9H,3-5H2,1-2H3,(H,12,13);1H. The van der Waals surface area contributed by atoms with Gasteiger partial charge in [0.05, 0.1) is 0 Å². The lowest BCUT2D eigenvalue weighted by Gasteiger charge is -2.22. The number of nitrogens with zero attached hydrogens (tertiary/aromatic N) is 1. The minimum absolute atomic E-state index is 0. The third-order valence-corrected chi connectivity index (χ3v) is 3.82. The van der Waals surface area contributed by atoms with Crippen molar-refractivity contribution in [2.24, 2.45) is 22.2 Å². The Labute approximate surface area is 80.6 Å². The maximum atomic E-state index is 4.53. The quantitative estimate of drug-likeness (QED) is 0.654. The molecule has 0 aromatic rings. The molecule has 3 aliphatic rings. The average molecular weight is 178 g/mol. The number of hydrogen-bond donors (Lipinski definition) is 1. The van der Waals surface area contributed by atoms with E-state index >= 15 is 0 Å². The topological polar surface area (TPSA) is 24.4 Å². The summed E-state index contributed by atoms with van der Waals surface area (Å²) >= 11 is 0. The van der Waals surface area contributed by atoms with Crippen LogP contribution >= 0.6 is 0 Å². The van der Waals surface area contributed by atoms with E-state index in [1.807, 2.05) is 0 Å². The molecular formula is C11H18N2. The van der Waals surface area contributed by atoms with Crippen molar-refractivity contribution < 1.29 is 1.43 Å². The monoisotopic (exact) mass is 178 g/mol. The molecular weight excluding hydrogens is 160 g/mol. The van der Waals surface area contributed by atoms with Crippen molar-refractivity contribution in [1.82, 2.24) is 5.32 Å². The van der Waals surface area contributed by atoms with Crippen LogP contribution in [-0.4, -0.2) is 12.4 Å². The summed E-state index contributed by atoms with van der Waals surface area (Å²) in [4.78, 5) is 4.53. The largest absolute Gasteiger partial charge is 0.350 e. The summed E-state index contributed by atoms with van der Waals surface area (Å²) in [6.07, 6.45) is 4.83. The molecule has 1 spiro atoms. The van der Waals surface area contributed by atoms with Crippen LogP contribution in [0, 0.1) is 17.3 Å². The molecule has 2 heteroatoms. The van der Waals surface area contributed by atoms with E-state index in [1.165, 1.54) is 18.7 Å². The van der Waals surface area contributed by atoms with Crippen molar-refractivity contribution >= 4 is 5.84 Å². The molecule has 0 bridgehead atoms. The molecule has 1 saturated carbocycles. The lowest BCUT2D eigenvalue weighted by molar-refractivity contribution is 0.569. The van der Waals surface area contributed by atoms with E-state index in [0.29, 0.717) is 11.3 Å². The summed E-state index contributed by atoms with van der Waals surface area (Å²) < 4.78 is 0. The molecule has 2 heterocycles. The van der Waals surface area contributed by atoms with Crippen LogP contribution in [0.2, 0.25) is 0 Å². The van der Waals surface area contributed by atoms with Crippen molar-refractivity contribution in [3.63, 3.8) is 0 Å². The summed E-state index contributed by atoms with van der Waals surface area (Å²) in [6, 6.07) is 0. The molecule has 0 amide bonds. The SMILES string of the molecule is CC(C)C1=CNC2=NCCC23CC13.[HH]. The number of rotatable bonds is 1. The third kappa shape index (κ3) is 0.812. The van der Waals surface area contributed by atoms with Gasteiger partial charge in [0.1, 0.15) is 5.84 Å². The second-order valence-electron chi connectivity index (χ2n) is 4.84. The molecule has 1 fully saturated rings. The molecule has 2 atom stereocenters. The molecule has 2 unspecified atom stereocenters. The fourth-order valence-corrected chi connectivity index (χ4v) is 2.93.